The number of nitrogens with one attached hydrogen (secondary N) is 1. The number of rotatable bonds is 3. The summed E-state index contributed by atoms with van der Waals surface area (Å²) >= 11 is 0. The Labute approximate surface area is 140 Å². The van der Waals surface area contributed by atoms with Crippen LogP contribution >= 0.6 is 0 Å². The van der Waals surface area contributed by atoms with E-state index in [9.17, 15) is 13.5 Å². The van der Waals surface area contributed by atoms with E-state index in [0.29, 0.717) is 30.6 Å². The lowest BCUT2D eigenvalue weighted by atomic mass is 9.85. The van der Waals surface area contributed by atoms with Crippen LogP contribution < -0.4 is 4.72 Å². The van der Waals surface area contributed by atoms with Crippen LogP contribution in [0.2, 0.25) is 0 Å². The Morgan fingerprint density at radius 2 is 1.52 bits per heavy atom. The molecule has 1 aliphatic rings. The van der Waals surface area contributed by atoms with Crippen LogP contribution in [0.1, 0.15) is 63.1 Å². The van der Waals surface area contributed by atoms with Gasteiger partial charge < -0.3 is 5.11 Å². The van der Waals surface area contributed by atoms with Gasteiger partial charge in [0.25, 0.3) is 0 Å². The standard InChI is InChI=1S/C18H29NO3S/c1-12-10-14(18(3,4)5)11-13(2)17(12)23(21,22)19-15-6-8-16(20)9-7-15/h10-11,15-16,19-20H,6-9H2,1-5H3. The van der Waals surface area contributed by atoms with E-state index in [4.69, 9.17) is 0 Å². The Balaban J connectivity index is 2.29. The molecule has 0 aromatic heterocycles. The Morgan fingerprint density at radius 1 is 1.04 bits per heavy atom. The van der Waals surface area contributed by atoms with Crippen molar-refractivity contribution in [3.8, 4) is 0 Å². The third-order valence-electron chi connectivity index (χ3n) is 4.61. The Morgan fingerprint density at radius 3 is 1.96 bits per heavy atom. The first-order valence-corrected chi connectivity index (χ1v) is 9.81. The van der Waals surface area contributed by atoms with Gasteiger partial charge in [-0.25, -0.2) is 13.1 Å². The van der Waals surface area contributed by atoms with E-state index in [1.807, 2.05) is 26.0 Å². The van der Waals surface area contributed by atoms with Crippen LogP contribution in [0.3, 0.4) is 0 Å². The van der Waals surface area contributed by atoms with Crippen molar-refractivity contribution in [2.24, 2.45) is 0 Å². The van der Waals surface area contributed by atoms with Crippen LogP contribution in [0.4, 0.5) is 0 Å². The number of sulfonamides is 1. The number of aliphatic hydroxyl groups is 1. The van der Waals surface area contributed by atoms with Crippen molar-refractivity contribution in [2.75, 3.05) is 0 Å². The number of hydrogen-bond acceptors (Lipinski definition) is 3. The molecule has 130 valence electrons. The molecule has 23 heavy (non-hydrogen) atoms. The van der Waals surface area contributed by atoms with Crippen LogP contribution in [0.5, 0.6) is 0 Å². The predicted molar refractivity (Wildman–Crippen MR) is 93.2 cm³/mol. The molecule has 0 amide bonds. The molecule has 0 radical (unpaired) electrons. The fourth-order valence-electron chi connectivity index (χ4n) is 3.28. The lowest BCUT2D eigenvalue weighted by Crippen LogP contribution is -2.39. The average Bonchev–Trinajstić information content (AvgIpc) is 2.39. The molecule has 0 bridgehead atoms. The summed E-state index contributed by atoms with van der Waals surface area (Å²) in [5, 5.41) is 9.56. The predicted octanol–water partition coefficient (Wildman–Crippen LogP) is 3.18. The van der Waals surface area contributed by atoms with E-state index in [1.165, 1.54) is 0 Å². The summed E-state index contributed by atoms with van der Waals surface area (Å²) in [5.74, 6) is 0. The van der Waals surface area contributed by atoms with Crippen molar-refractivity contribution in [3.05, 3.63) is 28.8 Å². The molecule has 1 fully saturated rings. The summed E-state index contributed by atoms with van der Waals surface area (Å²) < 4.78 is 28.5. The molecule has 4 nitrogen and oxygen atoms in total. The van der Waals surface area contributed by atoms with Crippen LogP contribution in [0, 0.1) is 13.8 Å². The van der Waals surface area contributed by atoms with Gasteiger partial charge in [-0.1, -0.05) is 32.9 Å². The fourth-order valence-corrected chi connectivity index (χ4v) is 5.04. The molecule has 5 heteroatoms. The minimum Gasteiger partial charge on any atom is -0.393 e. The number of benzene rings is 1. The molecule has 0 aliphatic heterocycles. The number of hydrogen-bond donors (Lipinski definition) is 2. The largest absolute Gasteiger partial charge is 0.393 e. The van der Waals surface area contributed by atoms with Gasteiger partial charge in [-0.15, -0.1) is 0 Å². The van der Waals surface area contributed by atoms with Crippen molar-refractivity contribution < 1.29 is 13.5 Å². The zero-order valence-electron chi connectivity index (χ0n) is 14.8. The molecule has 0 spiro atoms. The Hall–Kier alpha value is -0.910. The zero-order valence-corrected chi connectivity index (χ0v) is 15.6. The first kappa shape index (κ1) is 18.4. The van der Waals surface area contributed by atoms with E-state index < -0.39 is 10.0 Å². The second-order valence-electron chi connectivity index (χ2n) is 7.82. The highest BCUT2D eigenvalue weighted by atomic mass is 32.2. The van der Waals surface area contributed by atoms with E-state index in [2.05, 4.69) is 25.5 Å². The second kappa shape index (κ2) is 6.54. The van der Waals surface area contributed by atoms with Gasteiger partial charge in [0.1, 0.15) is 0 Å². The van der Waals surface area contributed by atoms with Crippen molar-refractivity contribution in [1.29, 1.82) is 0 Å². The molecule has 2 N–H and O–H groups in total. The molecule has 1 aromatic carbocycles. The molecule has 0 saturated heterocycles. The summed E-state index contributed by atoms with van der Waals surface area (Å²) in [5.41, 5.74) is 2.72. The summed E-state index contributed by atoms with van der Waals surface area (Å²) in [6, 6.07) is 3.88. The maximum absolute atomic E-state index is 12.8. The third kappa shape index (κ3) is 4.34. The Kier molecular flexibility index (Phi) is 5.24. The SMILES string of the molecule is Cc1cc(C(C)(C)C)cc(C)c1S(=O)(=O)NC1CCC(O)CC1. The first-order valence-electron chi connectivity index (χ1n) is 8.33. The molecule has 0 atom stereocenters. The minimum absolute atomic E-state index is 0.00918. The maximum atomic E-state index is 12.8. The highest BCUT2D eigenvalue weighted by Gasteiger charge is 2.28. The minimum atomic E-state index is -3.53. The van der Waals surface area contributed by atoms with Crippen LogP contribution in [-0.4, -0.2) is 25.7 Å². The van der Waals surface area contributed by atoms with Crippen molar-refractivity contribution in [3.63, 3.8) is 0 Å². The van der Waals surface area contributed by atoms with E-state index in [0.717, 1.165) is 16.7 Å². The van der Waals surface area contributed by atoms with Gasteiger partial charge in [-0.3, -0.25) is 0 Å². The lowest BCUT2D eigenvalue weighted by molar-refractivity contribution is 0.120. The third-order valence-corrected chi connectivity index (χ3v) is 6.44. The monoisotopic (exact) mass is 339 g/mol. The summed E-state index contributed by atoms with van der Waals surface area (Å²) in [6.45, 7) is 10.1. The molecule has 0 unspecified atom stereocenters. The number of aliphatic hydroxyl groups excluding tert-OH is 1. The first-order chi connectivity index (χ1) is 10.5. The summed E-state index contributed by atoms with van der Waals surface area (Å²) in [7, 11) is -3.53. The highest BCUT2D eigenvalue weighted by Crippen LogP contribution is 2.30. The van der Waals surface area contributed by atoms with Crippen molar-refractivity contribution >= 4 is 10.0 Å². The van der Waals surface area contributed by atoms with Gasteiger partial charge in [0, 0.05) is 6.04 Å². The van der Waals surface area contributed by atoms with Crippen LogP contribution in [0.15, 0.2) is 17.0 Å². The van der Waals surface area contributed by atoms with Gasteiger partial charge in [0.05, 0.1) is 11.0 Å². The van der Waals surface area contributed by atoms with Crippen molar-refractivity contribution in [2.45, 2.75) is 82.8 Å². The molecule has 1 aromatic rings. The van der Waals surface area contributed by atoms with Gasteiger partial charge in [-0.2, -0.15) is 0 Å². The van der Waals surface area contributed by atoms with E-state index in [-0.39, 0.29) is 17.6 Å². The van der Waals surface area contributed by atoms with E-state index in [1.54, 1.807) is 0 Å². The Bertz CT molecular complexity index is 643. The van der Waals surface area contributed by atoms with Crippen molar-refractivity contribution in [1.82, 2.24) is 4.72 Å². The normalized spacial score (nSPS) is 23.0. The van der Waals surface area contributed by atoms with Gasteiger partial charge in [-0.05, 0) is 61.6 Å². The quantitative estimate of drug-likeness (QED) is 0.889. The topological polar surface area (TPSA) is 66.4 Å². The maximum Gasteiger partial charge on any atom is 0.241 e. The molecular weight excluding hydrogens is 310 g/mol. The molecule has 1 aliphatic carbocycles. The highest BCUT2D eigenvalue weighted by molar-refractivity contribution is 7.89. The average molecular weight is 340 g/mol. The lowest BCUT2D eigenvalue weighted by Gasteiger charge is -2.27. The van der Waals surface area contributed by atoms with Crippen LogP contribution in [0.25, 0.3) is 0 Å². The van der Waals surface area contributed by atoms with Crippen LogP contribution in [-0.2, 0) is 15.4 Å². The second-order valence-corrected chi connectivity index (χ2v) is 9.47. The zero-order chi connectivity index (χ0) is 17.4. The molecule has 0 heterocycles. The van der Waals surface area contributed by atoms with Gasteiger partial charge in [0.15, 0.2) is 0 Å². The smallest absolute Gasteiger partial charge is 0.241 e. The van der Waals surface area contributed by atoms with Gasteiger partial charge in [0.2, 0.25) is 10.0 Å². The summed E-state index contributed by atoms with van der Waals surface area (Å²) in [6.07, 6.45) is 2.42. The summed E-state index contributed by atoms with van der Waals surface area (Å²) in [4.78, 5) is 0.400. The van der Waals surface area contributed by atoms with E-state index >= 15 is 0 Å². The molecule has 2 rings (SSSR count). The fraction of sp³-hybridized carbons (Fsp3) is 0.667. The molecular formula is C18H29NO3S. The molecule has 1 saturated carbocycles. The van der Waals surface area contributed by atoms with Gasteiger partial charge >= 0.3 is 0 Å². The number of aryl methyl sites for hydroxylation is 2.